The van der Waals surface area contributed by atoms with Crippen LogP contribution < -0.4 is 20.1 Å². The predicted octanol–water partition coefficient (Wildman–Crippen LogP) is 7.08. The molecule has 0 amide bonds. The number of nitrogens with one attached hydrogen (secondary N) is 2. The van der Waals surface area contributed by atoms with Crippen molar-refractivity contribution in [3.05, 3.63) is 141 Å². The average molecular weight is 601 g/mol. The molecule has 0 aliphatic rings. The number of anilines is 1. The Morgan fingerprint density at radius 1 is 0.837 bits per heavy atom. The first-order valence-corrected chi connectivity index (χ1v) is 12.8. The molecule has 3 aromatic carbocycles. The van der Waals surface area contributed by atoms with Crippen LogP contribution in [0.15, 0.2) is 103 Å². The average Bonchev–Trinajstić information content (AvgIpc) is 2.97. The van der Waals surface area contributed by atoms with E-state index in [1.54, 1.807) is 60.9 Å². The molecular formula is C30H25F5N4O4. The molecule has 0 saturated heterocycles. The number of nitrogens with zero attached hydrogens (tertiary/aromatic N) is 2. The first kappa shape index (κ1) is 30.8. The van der Waals surface area contributed by atoms with Crippen LogP contribution in [-0.4, -0.2) is 23.1 Å². The number of rotatable bonds is 14. The van der Waals surface area contributed by atoms with Crippen molar-refractivity contribution in [2.75, 3.05) is 5.32 Å². The summed E-state index contributed by atoms with van der Waals surface area (Å²) in [7, 11) is 0. The van der Waals surface area contributed by atoms with Gasteiger partial charge in [-0.05, 0) is 77.2 Å². The summed E-state index contributed by atoms with van der Waals surface area (Å²) in [5, 5.41) is 17.0. The molecule has 1 heterocycles. The van der Waals surface area contributed by atoms with Crippen molar-refractivity contribution in [1.29, 1.82) is 0 Å². The number of nitro groups is 1. The zero-order valence-electron chi connectivity index (χ0n) is 22.3. The van der Waals surface area contributed by atoms with Crippen LogP contribution in [0.3, 0.4) is 0 Å². The summed E-state index contributed by atoms with van der Waals surface area (Å²) in [5.74, 6) is -1.83. The van der Waals surface area contributed by atoms with E-state index in [0.29, 0.717) is 23.2 Å². The van der Waals surface area contributed by atoms with Crippen LogP contribution in [-0.2, 0) is 13.0 Å². The molecule has 0 unspecified atom stereocenters. The zero-order chi connectivity index (χ0) is 30.8. The Hall–Kier alpha value is -5.20. The summed E-state index contributed by atoms with van der Waals surface area (Å²) in [5.41, 5.74) is 3.28. The second-order valence-electron chi connectivity index (χ2n) is 9.13. The van der Waals surface area contributed by atoms with Crippen molar-refractivity contribution in [3.63, 3.8) is 0 Å². The van der Waals surface area contributed by atoms with Gasteiger partial charge in [0, 0.05) is 30.5 Å². The van der Waals surface area contributed by atoms with Crippen LogP contribution in [0.4, 0.5) is 27.6 Å². The molecule has 0 fully saturated rings. The first-order valence-electron chi connectivity index (χ1n) is 12.8. The van der Waals surface area contributed by atoms with Crippen LogP contribution in [0, 0.1) is 15.9 Å². The number of hydrogen-bond donors (Lipinski definition) is 2. The van der Waals surface area contributed by atoms with E-state index in [0.717, 1.165) is 23.4 Å². The van der Waals surface area contributed by atoms with Gasteiger partial charge in [-0.2, -0.15) is 17.6 Å². The summed E-state index contributed by atoms with van der Waals surface area (Å²) in [4.78, 5) is 14.6. The maximum atomic E-state index is 13.2. The van der Waals surface area contributed by atoms with Gasteiger partial charge in [0.05, 0.1) is 4.92 Å². The van der Waals surface area contributed by atoms with Crippen molar-refractivity contribution in [2.45, 2.75) is 32.1 Å². The Balaban J connectivity index is 1.60. The van der Waals surface area contributed by atoms with Crippen molar-refractivity contribution in [2.24, 2.45) is 0 Å². The second-order valence-corrected chi connectivity index (χ2v) is 9.13. The summed E-state index contributed by atoms with van der Waals surface area (Å²) in [6, 6.07) is 20.0. The summed E-state index contributed by atoms with van der Waals surface area (Å²) in [6.07, 6.45) is 4.36. The third kappa shape index (κ3) is 9.42. The lowest BCUT2D eigenvalue weighted by atomic mass is 9.86. The number of halogens is 5. The maximum absolute atomic E-state index is 13.2. The Kier molecular flexibility index (Phi) is 10.5. The predicted molar refractivity (Wildman–Crippen MR) is 148 cm³/mol. The van der Waals surface area contributed by atoms with Crippen molar-refractivity contribution in [1.82, 2.24) is 10.3 Å². The minimum atomic E-state index is -3.27. The normalized spacial score (nSPS) is 12.2. The third-order valence-corrected chi connectivity index (χ3v) is 6.21. The topological polar surface area (TPSA) is 98.6 Å². The van der Waals surface area contributed by atoms with E-state index in [-0.39, 0.29) is 12.4 Å². The Bertz CT molecular complexity index is 1520. The van der Waals surface area contributed by atoms with E-state index in [1.807, 2.05) is 0 Å². The van der Waals surface area contributed by atoms with Crippen LogP contribution in [0.5, 0.6) is 11.5 Å². The summed E-state index contributed by atoms with van der Waals surface area (Å²) >= 11 is 0. The van der Waals surface area contributed by atoms with E-state index >= 15 is 0 Å². The van der Waals surface area contributed by atoms with Crippen molar-refractivity contribution in [3.8, 4) is 11.5 Å². The number of alkyl halides is 4. The third-order valence-electron chi connectivity index (χ3n) is 6.21. The molecule has 0 aliphatic heterocycles. The van der Waals surface area contributed by atoms with E-state index in [9.17, 15) is 32.1 Å². The highest BCUT2D eigenvalue weighted by atomic mass is 19.3. The highest BCUT2D eigenvalue weighted by Crippen LogP contribution is 2.37. The molecule has 13 heteroatoms. The minimum Gasteiger partial charge on any atom is -0.431 e. The zero-order valence-corrected chi connectivity index (χ0v) is 22.3. The Morgan fingerprint density at radius 3 is 2.09 bits per heavy atom. The van der Waals surface area contributed by atoms with Gasteiger partial charge in [-0.1, -0.05) is 30.3 Å². The smallest absolute Gasteiger partial charge is 0.387 e. The number of hydrogen-bond acceptors (Lipinski definition) is 7. The molecule has 0 radical (unpaired) electrons. The molecular weight excluding hydrogens is 575 g/mol. The SMILES string of the molecule is O=[N+]([O-])C=C(NCc1ccc(F)cc1)Nc1ccc([C@@H](Cc2ccncc2)c2ccc(OC(F)F)c(OC(F)F)c2)cc1. The molecule has 224 valence electrons. The molecule has 43 heavy (non-hydrogen) atoms. The monoisotopic (exact) mass is 600 g/mol. The second kappa shape index (κ2) is 14.6. The van der Waals surface area contributed by atoms with E-state index in [1.165, 1.54) is 24.3 Å². The molecule has 1 aromatic heterocycles. The molecule has 2 N–H and O–H groups in total. The molecule has 1 atom stereocenters. The lowest BCUT2D eigenvalue weighted by Gasteiger charge is -2.21. The van der Waals surface area contributed by atoms with E-state index in [4.69, 9.17) is 0 Å². The number of aromatic nitrogens is 1. The van der Waals surface area contributed by atoms with E-state index < -0.39 is 41.4 Å². The number of ether oxygens (including phenoxy) is 2. The molecule has 0 bridgehead atoms. The van der Waals surface area contributed by atoms with Crippen LogP contribution in [0.25, 0.3) is 0 Å². The fourth-order valence-electron chi connectivity index (χ4n) is 4.29. The minimum absolute atomic E-state index is 0.0822. The summed E-state index contributed by atoms with van der Waals surface area (Å²) in [6.45, 7) is -6.32. The van der Waals surface area contributed by atoms with Gasteiger partial charge in [0.25, 0.3) is 6.20 Å². The molecule has 0 saturated carbocycles. The van der Waals surface area contributed by atoms with Crippen LogP contribution in [0.2, 0.25) is 0 Å². The first-order chi connectivity index (χ1) is 20.7. The maximum Gasteiger partial charge on any atom is 0.387 e. The fraction of sp³-hybridized carbons (Fsp3) is 0.167. The summed E-state index contributed by atoms with van der Waals surface area (Å²) < 4.78 is 73.9. The lowest BCUT2D eigenvalue weighted by Crippen LogP contribution is -2.20. The van der Waals surface area contributed by atoms with Crippen LogP contribution in [0.1, 0.15) is 28.2 Å². The van der Waals surface area contributed by atoms with Gasteiger partial charge >= 0.3 is 13.2 Å². The quantitative estimate of drug-likeness (QED) is 0.0907. The highest BCUT2D eigenvalue weighted by Gasteiger charge is 2.21. The Morgan fingerprint density at radius 2 is 1.47 bits per heavy atom. The number of benzene rings is 3. The van der Waals surface area contributed by atoms with Crippen molar-refractivity contribution < 1.29 is 36.3 Å². The lowest BCUT2D eigenvalue weighted by molar-refractivity contribution is -0.403. The Labute approximate surface area is 242 Å². The van der Waals surface area contributed by atoms with Gasteiger partial charge in [-0.3, -0.25) is 15.1 Å². The van der Waals surface area contributed by atoms with Crippen molar-refractivity contribution >= 4 is 5.69 Å². The largest absolute Gasteiger partial charge is 0.431 e. The molecule has 8 nitrogen and oxygen atoms in total. The number of pyridine rings is 1. The van der Waals surface area contributed by atoms with Gasteiger partial charge in [-0.25, -0.2) is 4.39 Å². The van der Waals surface area contributed by atoms with Gasteiger partial charge in [0.2, 0.25) is 0 Å². The fourth-order valence-corrected chi connectivity index (χ4v) is 4.29. The molecule has 4 rings (SSSR count). The highest BCUT2D eigenvalue weighted by molar-refractivity contribution is 5.52. The molecule has 0 spiro atoms. The van der Waals surface area contributed by atoms with Gasteiger partial charge in [-0.15, -0.1) is 0 Å². The van der Waals surface area contributed by atoms with Gasteiger partial charge in [0.15, 0.2) is 17.3 Å². The molecule has 4 aromatic rings. The standard InChI is InChI=1S/C30H25F5N4O4/c31-23-6-1-20(2-7-23)17-37-28(18-39(40)41)38-24-8-3-21(4-9-24)25(15-19-11-13-36-14-12-19)22-5-10-26(42-29(32)33)27(16-22)43-30(34)35/h1-14,16,18,25,29-30,37-38H,15,17H2/t25-/m1/s1. The molecule has 0 aliphatic carbocycles. The van der Waals surface area contributed by atoms with E-state index in [2.05, 4.69) is 25.1 Å². The van der Waals surface area contributed by atoms with Gasteiger partial charge < -0.3 is 20.1 Å². The van der Waals surface area contributed by atoms with Gasteiger partial charge in [0.1, 0.15) is 5.82 Å². The van der Waals surface area contributed by atoms with Crippen LogP contribution >= 0.6 is 0 Å².